The molecule has 2 aromatic rings. The molecule has 0 bridgehead atoms. The first kappa shape index (κ1) is 20.6. The molecule has 4 aliphatic rings. The van der Waals surface area contributed by atoms with E-state index in [1.807, 2.05) is 0 Å². The third kappa shape index (κ3) is 2.50. The zero-order valence-corrected chi connectivity index (χ0v) is 20.3. The highest BCUT2D eigenvalue weighted by Crippen LogP contribution is 2.71. The second kappa shape index (κ2) is 6.33. The summed E-state index contributed by atoms with van der Waals surface area (Å²) in [7, 11) is 0. The fraction of sp³-hybridized carbons (Fsp3) is 0.704. The van der Waals surface area contributed by atoms with Crippen molar-refractivity contribution < 1.29 is 9.84 Å². The van der Waals surface area contributed by atoms with E-state index in [-0.39, 0.29) is 28.5 Å². The third-order valence-electron chi connectivity index (χ3n) is 10.7. The second-order valence-electron chi connectivity index (χ2n) is 12.0. The predicted octanol–water partition coefficient (Wildman–Crippen LogP) is 6.00. The molecule has 1 aliphatic heterocycles. The Kier molecular flexibility index (Phi) is 4.21. The molecule has 3 fully saturated rings. The number of aromatic amines is 1. The SMILES string of the molecule is CC(O)(S)C1CCC2(C)C(CCC3(C)C2CCC2Cc4c([nH]c5ccccc45)[C@@]23C)O1. The Balaban J connectivity index is 1.42. The molecule has 3 nitrogen and oxygen atoms in total. The lowest BCUT2D eigenvalue weighted by Crippen LogP contribution is -2.64. The van der Waals surface area contributed by atoms with Gasteiger partial charge in [-0.2, -0.15) is 0 Å². The Labute approximate surface area is 191 Å². The predicted molar refractivity (Wildman–Crippen MR) is 129 cm³/mol. The molecule has 2 heterocycles. The summed E-state index contributed by atoms with van der Waals surface area (Å²) in [6.45, 7) is 9.46. The van der Waals surface area contributed by atoms with Crippen LogP contribution in [0, 0.1) is 22.7 Å². The number of aliphatic hydroxyl groups is 1. The van der Waals surface area contributed by atoms with Crippen LogP contribution in [0.2, 0.25) is 0 Å². The van der Waals surface area contributed by atoms with Gasteiger partial charge in [0.15, 0.2) is 0 Å². The van der Waals surface area contributed by atoms with Gasteiger partial charge >= 0.3 is 0 Å². The highest BCUT2D eigenvalue weighted by molar-refractivity contribution is 7.81. The minimum absolute atomic E-state index is 0.169. The number of thiol groups is 1. The lowest BCUT2D eigenvalue weighted by Gasteiger charge is -2.66. The van der Waals surface area contributed by atoms with Crippen LogP contribution in [0.3, 0.4) is 0 Å². The maximum Gasteiger partial charge on any atom is 0.131 e. The lowest BCUT2D eigenvalue weighted by atomic mass is 9.40. The average Bonchev–Trinajstić information content (AvgIpc) is 3.22. The van der Waals surface area contributed by atoms with Crippen LogP contribution in [0.5, 0.6) is 0 Å². The van der Waals surface area contributed by atoms with Gasteiger partial charge in [0.05, 0.1) is 12.2 Å². The van der Waals surface area contributed by atoms with Crippen molar-refractivity contribution in [3.8, 4) is 0 Å². The van der Waals surface area contributed by atoms with Crippen LogP contribution in [0.25, 0.3) is 10.9 Å². The summed E-state index contributed by atoms with van der Waals surface area (Å²) in [5.41, 5.74) is 5.03. The van der Waals surface area contributed by atoms with Gasteiger partial charge in [0.2, 0.25) is 0 Å². The molecule has 6 rings (SSSR count). The second-order valence-corrected chi connectivity index (χ2v) is 12.9. The third-order valence-corrected chi connectivity index (χ3v) is 11.0. The molecule has 1 saturated heterocycles. The quantitative estimate of drug-likeness (QED) is 0.377. The maximum absolute atomic E-state index is 10.5. The number of nitrogens with one attached hydrogen (secondary N) is 1. The molecule has 31 heavy (non-hydrogen) atoms. The fourth-order valence-corrected chi connectivity index (χ4v) is 9.04. The van der Waals surface area contributed by atoms with Gasteiger partial charge in [-0.3, -0.25) is 0 Å². The van der Waals surface area contributed by atoms with Crippen molar-refractivity contribution in [3.63, 3.8) is 0 Å². The zero-order valence-electron chi connectivity index (χ0n) is 19.4. The summed E-state index contributed by atoms with van der Waals surface area (Å²) >= 11 is 4.43. The number of ether oxygens (including phenoxy) is 1. The average molecular weight is 440 g/mol. The van der Waals surface area contributed by atoms with E-state index < -0.39 is 4.93 Å². The minimum Gasteiger partial charge on any atom is -0.377 e. The fourth-order valence-electron chi connectivity index (χ4n) is 8.85. The van der Waals surface area contributed by atoms with Gasteiger partial charge in [-0.1, -0.05) is 39.0 Å². The van der Waals surface area contributed by atoms with E-state index in [9.17, 15) is 5.11 Å². The summed E-state index contributed by atoms with van der Waals surface area (Å²) in [4.78, 5) is 2.85. The van der Waals surface area contributed by atoms with Crippen molar-refractivity contribution in [1.82, 2.24) is 4.98 Å². The zero-order chi connectivity index (χ0) is 21.8. The number of H-pyrrole nitrogens is 1. The summed E-state index contributed by atoms with van der Waals surface area (Å²) in [5.74, 6) is 1.37. The van der Waals surface area contributed by atoms with Crippen molar-refractivity contribution in [2.45, 2.75) is 95.2 Å². The van der Waals surface area contributed by atoms with E-state index in [1.54, 1.807) is 12.5 Å². The monoisotopic (exact) mass is 439 g/mol. The highest BCUT2D eigenvalue weighted by Gasteiger charge is 2.67. The molecule has 0 amide bonds. The maximum atomic E-state index is 10.5. The number of para-hydroxylation sites is 1. The van der Waals surface area contributed by atoms with Gasteiger partial charge in [-0.25, -0.2) is 0 Å². The van der Waals surface area contributed by atoms with Gasteiger partial charge < -0.3 is 14.8 Å². The van der Waals surface area contributed by atoms with E-state index in [4.69, 9.17) is 4.74 Å². The molecule has 1 aromatic heterocycles. The van der Waals surface area contributed by atoms with E-state index in [1.165, 1.54) is 42.3 Å². The molecular weight excluding hydrogens is 402 g/mol. The van der Waals surface area contributed by atoms with Gasteiger partial charge in [0.25, 0.3) is 0 Å². The van der Waals surface area contributed by atoms with Gasteiger partial charge in [-0.05, 0) is 86.2 Å². The molecule has 2 N–H and O–H groups in total. The van der Waals surface area contributed by atoms with E-state index in [2.05, 4.69) is 62.6 Å². The van der Waals surface area contributed by atoms with Crippen LogP contribution in [0.4, 0.5) is 0 Å². The Morgan fingerprint density at radius 1 is 1.10 bits per heavy atom. The Morgan fingerprint density at radius 2 is 1.87 bits per heavy atom. The summed E-state index contributed by atoms with van der Waals surface area (Å²) in [6.07, 6.45) is 8.19. The summed E-state index contributed by atoms with van der Waals surface area (Å²) in [6, 6.07) is 8.88. The van der Waals surface area contributed by atoms with Crippen LogP contribution in [0.15, 0.2) is 24.3 Å². The van der Waals surface area contributed by atoms with Crippen molar-refractivity contribution in [3.05, 3.63) is 35.5 Å². The Bertz CT molecular complexity index is 1040. The first-order chi connectivity index (χ1) is 14.6. The Hall–Kier alpha value is -0.970. The molecule has 3 aliphatic carbocycles. The van der Waals surface area contributed by atoms with Crippen molar-refractivity contribution in [2.75, 3.05) is 0 Å². The first-order valence-corrected chi connectivity index (χ1v) is 12.7. The molecular formula is C27H37NO2S. The number of rotatable bonds is 1. The minimum atomic E-state index is -1.06. The van der Waals surface area contributed by atoms with Crippen LogP contribution >= 0.6 is 12.6 Å². The number of aromatic nitrogens is 1. The largest absolute Gasteiger partial charge is 0.377 e. The normalized spacial score (nSPS) is 46.0. The van der Waals surface area contributed by atoms with Crippen LogP contribution in [0.1, 0.15) is 77.5 Å². The van der Waals surface area contributed by atoms with E-state index in [0.29, 0.717) is 5.92 Å². The Morgan fingerprint density at radius 3 is 2.65 bits per heavy atom. The van der Waals surface area contributed by atoms with Crippen molar-refractivity contribution in [2.24, 2.45) is 22.7 Å². The van der Waals surface area contributed by atoms with Crippen molar-refractivity contribution >= 4 is 23.5 Å². The summed E-state index contributed by atoms with van der Waals surface area (Å²) < 4.78 is 6.58. The summed E-state index contributed by atoms with van der Waals surface area (Å²) in [5, 5.41) is 11.9. The molecule has 2 saturated carbocycles. The molecule has 8 atom stereocenters. The van der Waals surface area contributed by atoms with E-state index >= 15 is 0 Å². The van der Waals surface area contributed by atoms with Crippen LogP contribution < -0.4 is 0 Å². The number of hydrogen-bond acceptors (Lipinski definition) is 3. The molecule has 4 heteroatoms. The number of benzene rings is 1. The lowest BCUT2D eigenvalue weighted by molar-refractivity contribution is -0.236. The number of hydrogen-bond donors (Lipinski definition) is 3. The van der Waals surface area contributed by atoms with Gasteiger partial charge in [-0.15, -0.1) is 12.6 Å². The number of fused-ring (bicyclic) bond motifs is 9. The molecule has 0 spiro atoms. The first-order valence-electron chi connectivity index (χ1n) is 12.3. The molecule has 7 unspecified atom stereocenters. The van der Waals surface area contributed by atoms with E-state index in [0.717, 1.165) is 25.2 Å². The van der Waals surface area contributed by atoms with Crippen LogP contribution in [-0.2, 0) is 16.6 Å². The molecule has 0 radical (unpaired) electrons. The standard InChI is InChI=1S/C27H37NO2S/c1-24-13-11-22(27(4,29)31)30-21(24)12-14-25(2)20(24)10-9-16-15-18-17-7-5-6-8-19(17)28-23(18)26(16,25)3/h5-8,16,20-22,28-29,31H,9-15H2,1-4H3/t16?,20?,21?,22?,24?,25?,26-,27?/m1/s1. The van der Waals surface area contributed by atoms with Gasteiger partial charge in [0.1, 0.15) is 4.93 Å². The van der Waals surface area contributed by atoms with Crippen molar-refractivity contribution in [1.29, 1.82) is 0 Å². The van der Waals surface area contributed by atoms with Gasteiger partial charge in [0, 0.05) is 22.0 Å². The topological polar surface area (TPSA) is 45.2 Å². The van der Waals surface area contributed by atoms with Crippen LogP contribution in [-0.4, -0.2) is 27.2 Å². The highest BCUT2D eigenvalue weighted by atomic mass is 32.1. The molecule has 1 aromatic carbocycles. The molecule has 168 valence electrons. The smallest absolute Gasteiger partial charge is 0.131 e.